The number of benzene rings is 1. The highest BCUT2D eigenvalue weighted by molar-refractivity contribution is 8.01. The highest BCUT2D eigenvalue weighted by Gasteiger charge is 2.17. The normalized spacial score (nSPS) is 11.2. The predicted octanol–water partition coefficient (Wildman–Crippen LogP) is 3.90. The van der Waals surface area contributed by atoms with Crippen LogP contribution in [0.2, 0.25) is 0 Å². The van der Waals surface area contributed by atoms with E-state index in [1.807, 2.05) is 20.8 Å². The second-order valence-electron chi connectivity index (χ2n) is 6.60. The first-order chi connectivity index (χ1) is 11.8. The van der Waals surface area contributed by atoms with E-state index in [2.05, 4.69) is 15.5 Å². The summed E-state index contributed by atoms with van der Waals surface area (Å²) in [6.07, 6.45) is 0.406. The Morgan fingerprint density at radius 3 is 2.72 bits per heavy atom. The number of nitrogens with zero attached hydrogens (tertiary/aromatic N) is 2. The summed E-state index contributed by atoms with van der Waals surface area (Å²) in [5, 5.41) is 11.1. The molecule has 8 heteroatoms. The number of Topliss-reactive ketones (excluding diaryl/α,β-unsaturated/α-hetero) is 1. The monoisotopic (exact) mass is 379 g/mol. The largest absolute Gasteiger partial charge is 0.497 e. The minimum atomic E-state index is -0.0901. The second-order valence-corrected chi connectivity index (χ2v) is 8.80. The number of ketones is 1. The number of anilines is 1. The van der Waals surface area contributed by atoms with Crippen molar-refractivity contribution in [3.05, 3.63) is 29.8 Å². The smallest absolute Gasteiger partial charge is 0.226 e. The SMILES string of the molecule is COc1cccc(C(=O)CSc2nnc(NC(=O)CC(C)(C)C)s2)c1. The minimum Gasteiger partial charge on any atom is -0.497 e. The van der Waals surface area contributed by atoms with E-state index in [0.29, 0.717) is 27.2 Å². The number of hydrogen-bond donors (Lipinski definition) is 1. The quantitative estimate of drug-likeness (QED) is 0.446. The van der Waals surface area contributed by atoms with Crippen molar-refractivity contribution in [2.24, 2.45) is 5.41 Å². The molecule has 134 valence electrons. The van der Waals surface area contributed by atoms with Crippen LogP contribution in [0.1, 0.15) is 37.6 Å². The molecule has 6 nitrogen and oxygen atoms in total. The molecule has 2 rings (SSSR count). The van der Waals surface area contributed by atoms with E-state index in [1.54, 1.807) is 31.4 Å². The number of carbonyl (C=O) groups excluding carboxylic acids is 2. The van der Waals surface area contributed by atoms with Crippen molar-refractivity contribution in [3.8, 4) is 5.75 Å². The van der Waals surface area contributed by atoms with Crippen molar-refractivity contribution in [1.82, 2.24) is 10.2 Å². The lowest BCUT2D eigenvalue weighted by molar-refractivity contribution is -0.117. The summed E-state index contributed by atoms with van der Waals surface area (Å²) < 4.78 is 5.76. The van der Waals surface area contributed by atoms with Crippen LogP contribution in [-0.2, 0) is 4.79 Å². The maximum absolute atomic E-state index is 12.2. The van der Waals surface area contributed by atoms with Gasteiger partial charge >= 0.3 is 0 Å². The lowest BCUT2D eigenvalue weighted by Crippen LogP contribution is -2.19. The molecule has 1 aromatic carbocycles. The molecule has 1 N–H and O–H groups in total. The molecule has 1 heterocycles. The van der Waals surface area contributed by atoms with Gasteiger partial charge in [0, 0.05) is 12.0 Å². The number of nitrogens with one attached hydrogen (secondary N) is 1. The number of carbonyl (C=O) groups is 2. The molecule has 1 aromatic heterocycles. The van der Waals surface area contributed by atoms with Crippen LogP contribution in [0.3, 0.4) is 0 Å². The molecule has 25 heavy (non-hydrogen) atoms. The molecule has 0 aliphatic heterocycles. The Bertz CT molecular complexity index is 754. The molecular weight excluding hydrogens is 358 g/mol. The van der Waals surface area contributed by atoms with Gasteiger partial charge in [0.15, 0.2) is 10.1 Å². The van der Waals surface area contributed by atoms with Crippen molar-refractivity contribution in [3.63, 3.8) is 0 Å². The Labute approximate surface area is 155 Å². The zero-order chi connectivity index (χ0) is 18.4. The van der Waals surface area contributed by atoms with Crippen molar-refractivity contribution < 1.29 is 14.3 Å². The molecule has 0 radical (unpaired) electrons. The highest BCUT2D eigenvalue weighted by atomic mass is 32.2. The molecule has 0 saturated heterocycles. The standard InChI is InChI=1S/C17H21N3O3S2/c1-17(2,3)9-14(22)18-15-19-20-16(25-15)24-10-13(21)11-6-5-7-12(8-11)23-4/h5-8H,9-10H2,1-4H3,(H,18,19,22). The third kappa shape index (κ3) is 6.47. The molecule has 0 saturated carbocycles. The van der Waals surface area contributed by atoms with E-state index >= 15 is 0 Å². The summed E-state index contributed by atoms with van der Waals surface area (Å²) in [5.74, 6) is 0.790. The first-order valence-electron chi connectivity index (χ1n) is 7.70. The van der Waals surface area contributed by atoms with Crippen LogP contribution >= 0.6 is 23.1 Å². The van der Waals surface area contributed by atoms with E-state index in [9.17, 15) is 9.59 Å². The van der Waals surface area contributed by atoms with Crippen molar-refractivity contribution >= 4 is 39.9 Å². The van der Waals surface area contributed by atoms with Gasteiger partial charge in [-0.3, -0.25) is 9.59 Å². The Hall–Kier alpha value is -1.93. The molecule has 0 fully saturated rings. The van der Waals surface area contributed by atoms with Crippen LogP contribution in [0.25, 0.3) is 0 Å². The van der Waals surface area contributed by atoms with Gasteiger partial charge < -0.3 is 10.1 Å². The molecular formula is C17H21N3O3S2. The molecule has 0 aliphatic rings. The van der Waals surface area contributed by atoms with Gasteiger partial charge in [0.25, 0.3) is 0 Å². The second kappa shape index (κ2) is 8.44. The molecule has 1 amide bonds. The zero-order valence-corrected chi connectivity index (χ0v) is 16.3. The highest BCUT2D eigenvalue weighted by Crippen LogP contribution is 2.27. The third-order valence-electron chi connectivity index (χ3n) is 3.06. The van der Waals surface area contributed by atoms with Crippen molar-refractivity contribution in [2.45, 2.75) is 31.5 Å². The first-order valence-corrected chi connectivity index (χ1v) is 9.50. The van der Waals surface area contributed by atoms with E-state index < -0.39 is 0 Å². The summed E-state index contributed by atoms with van der Waals surface area (Å²) in [5.41, 5.74) is 0.505. The zero-order valence-electron chi connectivity index (χ0n) is 14.7. The van der Waals surface area contributed by atoms with Gasteiger partial charge in [-0.15, -0.1) is 10.2 Å². The van der Waals surface area contributed by atoms with E-state index in [0.717, 1.165) is 0 Å². The minimum absolute atomic E-state index is 0.0163. The number of amides is 1. The van der Waals surface area contributed by atoms with Gasteiger partial charge in [-0.2, -0.15) is 0 Å². The van der Waals surface area contributed by atoms with Gasteiger partial charge in [-0.25, -0.2) is 0 Å². The third-order valence-corrected chi connectivity index (χ3v) is 5.03. The molecule has 0 unspecified atom stereocenters. The molecule has 0 atom stereocenters. The van der Waals surface area contributed by atoms with Crippen LogP contribution in [0.5, 0.6) is 5.75 Å². The Morgan fingerprint density at radius 1 is 1.28 bits per heavy atom. The molecule has 0 spiro atoms. The summed E-state index contributed by atoms with van der Waals surface area (Å²) >= 11 is 2.57. The Balaban J connectivity index is 1.88. The van der Waals surface area contributed by atoms with Gasteiger partial charge in [0.05, 0.1) is 12.9 Å². The molecule has 2 aromatic rings. The van der Waals surface area contributed by atoms with Crippen LogP contribution in [0.15, 0.2) is 28.6 Å². The lowest BCUT2D eigenvalue weighted by Gasteiger charge is -2.16. The first kappa shape index (κ1) is 19.4. The van der Waals surface area contributed by atoms with Crippen LogP contribution in [0, 0.1) is 5.41 Å². The fraction of sp³-hybridized carbons (Fsp3) is 0.412. The van der Waals surface area contributed by atoms with Crippen LogP contribution in [-0.4, -0.2) is 34.8 Å². The van der Waals surface area contributed by atoms with Crippen LogP contribution in [0.4, 0.5) is 5.13 Å². The maximum Gasteiger partial charge on any atom is 0.226 e. The summed E-state index contributed by atoms with van der Waals surface area (Å²) in [7, 11) is 1.56. The average molecular weight is 380 g/mol. The Kier molecular flexibility index (Phi) is 6.55. The van der Waals surface area contributed by atoms with Crippen LogP contribution < -0.4 is 10.1 Å². The number of aromatic nitrogens is 2. The predicted molar refractivity (Wildman–Crippen MR) is 101 cm³/mol. The van der Waals surface area contributed by atoms with Gasteiger partial charge in [-0.05, 0) is 17.5 Å². The number of rotatable bonds is 7. The lowest BCUT2D eigenvalue weighted by atomic mass is 9.92. The summed E-state index contributed by atoms with van der Waals surface area (Å²) in [6.45, 7) is 5.99. The number of ether oxygens (including phenoxy) is 1. The summed E-state index contributed by atoms with van der Waals surface area (Å²) in [6, 6.07) is 7.04. The maximum atomic E-state index is 12.2. The summed E-state index contributed by atoms with van der Waals surface area (Å²) in [4.78, 5) is 24.1. The average Bonchev–Trinajstić information content (AvgIpc) is 2.98. The number of hydrogen-bond acceptors (Lipinski definition) is 7. The van der Waals surface area contributed by atoms with E-state index in [1.165, 1.54) is 23.1 Å². The van der Waals surface area contributed by atoms with Gasteiger partial charge in [0.2, 0.25) is 11.0 Å². The van der Waals surface area contributed by atoms with Gasteiger partial charge in [-0.1, -0.05) is 56.0 Å². The fourth-order valence-corrected chi connectivity index (χ4v) is 3.63. The molecule has 0 bridgehead atoms. The number of methoxy groups -OCH3 is 1. The van der Waals surface area contributed by atoms with Crippen molar-refractivity contribution in [1.29, 1.82) is 0 Å². The molecule has 0 aliphatic carbocycles. The fourth-order valence-electron chi connectivity index (χ4n) is 1.97. The Morgan fingerprint density at radius 2 is 2.04 bits per heavy atom. The van der Waals surface area contributed by atoms with E-state index in [-0.39, 0.29) is 22.9 Å². The number of thioether (sulfide) groups is 1. The topological polar surface area (TPSA) is 81.2 Å². The van der Waals surface area contributed by atoms with Crippen molar-refractivity contribution in [2.75, 3.05) is 18.2 Å². The van der Waals surface area contributed by atoms with Gasteiger partial charge in [0.1, 0.15) is 5.75 Å². The van der Waals surface area contributed by atoms with E-state index in [4.69, 9.17) is 4.74 Å².